The second kappa shape index (κ2) is 6.09. The SMILES string of the molecule is C[C@@H](N)C(=O)NCc1nnc(-c2ccc([N+](=O)[O-])cc2)o1. The lowest BCUT2D eigenvalue weighted by atomic mass is 10.2. The lowest BCUT2D eigenvalue weighted by Gasteiger charge is -2.04. The van der Waals surface area contributed by atoms with Gasteiger partial charge in [-0.2, -0.15) is 0 Å². The number of nitro groups is 1. The fourth-order valence-corrected chi connectivity index (χ4v) is 1.49. The predicted octanol–water partition coefficient (Wildman–Crippen LogP) is 0.608. The van der Waals surface area contributed by atoms with Gasteiger partial charge in [0.25, 0.3) is 5.69 Å². The summed E-state index contributed by atoms with van der Waals surface area (Å²) in [5.41, 5.74) is 5.93. The summed E-state index contributed by atoms with van der Waals surface area (Å²) in [4.78, 5) is 21.4. The zero-order chi connectivity index (χ0) is 15.4. The van der Waals surface area contributed by atoms with Crippen LogP contribution in [0.15, 0.2) is 28.7 Å². The smallest absolute Gasteiger partial charge is 0.269 e. The van der Waals surface area contributed by atoms with Crippen LogP contribution >= 0.6 is 0 Å². The minimum atomic E-state index is -0.623. The first-order chi connectivity index (χ1) is 9.97. The molecule has 110 valence electrons. The Balaban J connectivity index is 2.05. The van der Waals surface area contributed by atoms with Crippen LogP contribution in [0.1, 0.15) is 12.8 Å². The molecule has 0 aliphatic heterocycles. The summed E-state index contributed by atoms with van der Waals surface area (Å²) in [5, 5.41) is 20.7. The Morgan fingerprint density at radius 2 is 2.10 bits per heavy atom. The van der Waals surface area contributed by atoms with Crippen LogP contribution in [0, 0.1) is 10.1 Å². The topological polar surface area (TPSA) is 137 Å². The lowest BCUT2D eigenvalue weighted by molar-refractivity contribution is -0.384. The second-order valence-corrected chi connectivity index (χ2v) is 4.31. The van der Waals surface area contributed by atoms with E-state index in [2.05, 4.69) is 15.5 Å². The number of amides is 1. The van der Waals surface area contributed by atoms with Gasteiger partial charge in [0, 0.05) is 17.7 Å². The van der Waals surface area contributed by atoms with E-state index in [1.54, 1.807) is 6.92 Å². The average molecular weight is 291 g/mol. The minimum Gasteiger partial charge on any atom is -0.419 e. The third-order valence-corrected chi connectivity index (χ3v) is 2.62. The number of nitrogens with one attached hydrogen (secondary N) is 1. The van der Waals surface area contributed by atoms with E-state index in [9.17, 15) is 14.9 Å². The molecule has 0 aliphatic rings. The van der Waals surface area contributed by atoms with Gasteiger partial charge in [0.05, 0.1) is 17.5 Å². The van der Waals surface area contributed by atoms with Gasteiger partial charge in [-0.15, -0.1) is 10.2 Å². The van der Waals surface area contributed by atoms with Crippen molar-refractivity contribution in [3.8, 4) is 11.5 Å². The standard InChI is InChI=1S/C12H13N5O4/c1-7(13)11(18)14-6-10-15-16-12(21-10)8-2-4-9(5-3-8)17(19)20/h2-5,7H,6,13H2,1H3,(H,14,18)/t7-/m1/s1. The van der Waals surface area contributed by atoms with E-state index >= 15 is 0 Å². The van der Waals surface area contributed by atoms with Crippen molar-refractivity contribution in [1.82, 2.24) is 15.5 Å². The Morgan fingerprint density at radius 1 is 1.43 bits per heavy atom. The summed E-state index contributed by atoms with van der Waals surface area (Å²) in [5.74, 6) is 0.109. The van der Waals surface area contributed by atoms with E-state index in [4.69, 9.17) is 10.2 Å². The molecule has 1 aromatic carbocycles. The van der Waals surface area contributed by atoms with Crippen molar-refractivity contribution in [2.75, 3.05) is 0 Å². The van der Waals surface area contributed by atoms with E-state index in [-0.39, 0.29) is 29.9 Å². The van der Waals surface area contributed by atoms with Crippen LogP contribution in [0.4, 0.5) is 5.69 Å². The fourth-order valence-electron chi connectivity index (χ4n) is 1.49. The van der Waals surface area contributed by atoms with Crippen LogP contribution in [0.25, 0.3) is 11.5 Å². The number of non-ortho nitro benzene ring substituents is 1. The molecule has 2 rings (SSSR count). The summed E-state index contributed by atoms with van der Waals surface area (Å²) in [7, 11) is 0. The molecule has 0 bridgehead atoms. The summed E-state index contributed by atoms with van der Waals surface area (Å²) in [6.07, 6.45) is 0. The van der Waals surface area contributed by atoms with Gasteiger partial charge in [0.15, 0.2) is 0 Å². The van der Waals surface area contributed by atoms with Gasteiger partial charge in [-0.25, -0.2) is 0 Å². The summed E-state index contributed by atoms with van der Waals surface area (Å²) in [6, 6.07) is 5.09. The molecule has 1 amide bonds. The highest BCUT2D eigenvalue weighted by Gasteiger charge is 2.12. The Morgan fingerprint density at radius 3 is 2.67 bits per heavy atom. The van der Waals surface area contributed by atoms with Gasteiger partial charge in [-0.05, 0) is 19.1 Å². The molecule has 0 fully saturated rings. The van der Waals surface area contributed by atoms with Gasteiger partial charge in [-0.3, -0.25) is 14.9 Å². The number of hydrogen-bond donors (Lipinski definition) is 2. The predicted molar refractivity (Wildman–Crippen MR) is 71.9 cm³/mol. The summed E-state index contributed by atoms with van der Waals surface area (Å²) < 4.78 is 5.35. The maximum atomic E-state index is 11.3. The quantitative estimate of drug-likeness (QED) is 0.608. The normalized spacial score (nSPS) is 11.9. The van der Waals surface area contributed by atoms with Crippen LogP contribution in [0.2, 0.25) is 0 Å². The number of hydrogen-bond acceptors (Lipinski definition) is 7. The third kappa shape index (κ3) is 3.60. The Kier molecular flexibility index (Phi) is 4.24. The van der Waals surface area contributed by atoms with Crippen LogP contribution in [0.3, 0.4) is 0 Å². The first kappa shape index (κ1) is 14.6. The van der Waals surface area contributed by atoms with Gasteiger partial charge >= 0.3 is 0 Å². The molecule has 0 aliphatic carbocycles. The molecule has 0 spiro atoms. The van der Waals surface area contributed by atoms with Crippen molar-refractivity contribution >= 4 is 11.6 Å². The molecule has 1 atom stereocenters. The maximum absolute atomic E-state index is 11.3. The average Bonchev–Trinajstić information content (AvgIpc) is 2.93. The number of benzene rings is 1. The maximum Gasteiger partial charge on any atom is 0.269 e. The van der Waals surface area contributed by atoms with E-state index in [0.29, 0.717) is 5.56 Å². The van der Waals surface area contributed by atoms with E-state index < -0.39 is 11.0 Å². The number of carbonyl (C=O) groups is 1. The first-order valence-electron chi connectivity index (χ1n) is 6.08. The highest BCUT2D eigenvalue weighted by atomic mass is 16.6. The largest absolute Gasteiger partial charge is 0.419 e. The molecular formula is C12H13N5O4. The first-order valence-corrected chi connectivity index (χ1v) is 6.08. The highest BCUT2D eigenvalue weighted by Crippen LogP contribution is 2.21. The van der Waals surface area contributed by atoms with Crippen LogP contribution in [-0.4, -0.2) is 27.1 Å². The fraction of sp³-hybridized carbons (Fsp3) is 0.250. The molecule has 1 heterocycles. The Labute approximate surface area is 119 Å². The van der Waals surface area contributed by atoms with Crippen molar-refractivity contribution in [3.63, 3.8) is 0 Å². The third-order valence-electron chi connectivity index (χ3n) is 2.62. The van der Waals surface area contributed by atoms with Crippen molar-refractivity contribution in [1.29, 1.82) is 0 Å². The molecule has 1 aromatic heterocycles. The number of nitro benzene ring substituents is 1. The molecule has 0 unspecified atom stereocenters. The molecule has 9 nitrogen and oxygen atoms in total. The van der Waals surface area contributed by atoms with Crippen LogP contribution < -0.4 is 11.1 Å². The molecule has 9 heteroatoms. The zero-order valence-corrected chi connectivity index (χ0v) is 11.1. The number of aromatic nitrogens is 2. The number of rotatable bonds is 5. The van der Waals surface area contributed by atoms with Crippen molar-refractivity contribution < 1.29 is 14.1 Å². The number of carbonyl (C=O) groups excluding carboxylic acids is 1. The van der Waals surface area contributed by atoms with E-state index in [1.807, 2.05) is 0 Å². The van der Waals surface area contributed by atoms with Crippen molar-refractivity contribution in [2.45, 2.75) is 19.5 Å². The molecule has 0 saturated carbocycles. The molecule has 0 saturated heterocycles. The number of nitrogens with two attached hydrogens (primary N) is 1. The minimum absolute atomic E-state index is 0.0253. The highest BCUT2D eigenvalue weighted by molar-refractivity contribution is 5.80. The Bertz CT molecular complexity index is 650. The molecule has 21 heavy (non-hydrogen) atoms. The van der Waals surface area contributed by atoms with Crippen molar-refractivity contribution in [2.24, 2.45) is 5.73 Å². The van der Waals surface area contributed by atoms with Crippen LogP contribution in [0.5, 0.6) is 0 Å². The van der Waals surface area contributed by atoms with Gasteiger partial charge in [0.1, 0.15) is 0 Å². The molecule has 2 aromatic rings. The zero-order valence-electron chi connectivity index (χ0n) is 11.1. The second-order valence-electron chi connectivity index (χ2n) is 4.31. The number of nitrogens with zero attached hydrogens (tertiary/aromatic N) is 3. The molecule has 3 N–H and O–H groups in total. The molecule has 0 radical (unpaired) electrons. The monoisotopic (exact) mass is 291 g/mol. The van der Waals surface area contributed by atoms with Crippen molar-refractivity contribution in [3.05, 3.63) is 40.3 Å². The molecular weight excluding hydrogens is 278 g/mol. The summed E-state index contributed by atoms with van der Waals surface area (Å²) >= 11 is 0. The Hall–Kier alpha value is -2.81. The van der Waals surface area contributed by atoms with E-state index in [1.165, 1.54) is 24.3 Å². The summed E-state index contributed by atoms with van der Waals surface area (Å²) in [6.45, 7) is 1.63. The van der Waals surface area contributed by atoms with Gasteiger partial charge < -0.3 is 15.5 Å². The lowest BCUT2D eigenvalue weighted by Crippen LogP contribution is -2.37. The van der Waals surface area contributed by atoms with Gasteiger partial charge in [0.2, 0.25) is 17.7 Å². The van der Waals surface area contributed by atoms with Gasteiger partial charge in [-0.1, -0.05) is 0 Å². The van der Waals surface area contributed by atoms with Crippen LogP contribution in [-0.2, 0) is 11.3 Å². The van der Waals surface area contributed by atoms with E-state index in [0.717, 1.165) is 0 Å².